The lowest BCUT2D eigenvalue weighted by Crippen LogP contribution is -2.37. The number of carbonyl (C=O) groups is 2. The highest BCUT2D eigenvalue weighted by Gasteiger charge is 2.27. The van der Waals surface area contributed by atoms with Gasteiger partial charge in [0.25, 0.3) is 5.91 Å². The quantitative estimate of drug-likeness (QED) is 0.608. The number of rotatable bonds is 6. The number of carbonyl (C=O) groups excluding carboxylic acids is 2. The van der Waals surface area contributed by atoms with E-state index >= 15 is 0 Å². The van der Waals surface area contributed by atoms with E-state index in [9.17, 15) is 9.59 Å². The van der Waals surface area contributed by atoms with Gasteiger partial charge in [-0.25, -0.2) is 0 Å². The van der Waals surface area contributed by atoms with Gasteiger partial charge in [-0.2, -0.15) is 0 Å². The highest BCUT2D eigenvalue weighted by atomic mass is 16.5. The molecule has 5 nitrogen and oxygen atoms in total. The fourth-order valence-electron chi connectivity index (χ4n) is 1.85. The lowest BCUT2D eigenvalue weighted by molar-refractivity contribution is -0.154. The van der Waals surface area contributed by atoms with E-state index in [0.717, 1.165) is 18.4 Å². The highest BCUT2D eigenvalue weighted by molar-refractivity contribution is 5.83. The van der Waals surface area contributed by atoms with Gasteiger partial charge < -0.3 is 15.8 Å². The number of esters is 1. The Morgan fingerprint density at radius 2 is 2.20 bits per heavy atom. The molecule has 2 rings (SSSR count). The van der Waals surface area contributed by atoms with Crippen molar-refractivity contribution in [2.45, 2.75) is 44.8 Å². The number of nitrogen functional groups attached to an aromatic ring is 1. The monoisotopic (exact) mass is 276 g/mol. The van der Waals surface area contributed by atoms with Gasteiger partial charge in [0, 0.05) is 18.2 Å². The minimum absolute atomic E-state index is 0.218. The van der Waals surface area contributed by atoms with Crippen LogP contribution in [0.3, 0.4) is 0 Å². The van der Waals surface area contributed by atoms with Crippen LogP contribution in [0.15, 0.2) is 24.3 Å². The Morgan fingerprint density at radius 1 is 1.45 bits per heavy atom. The first-order valence-electron chi connectivity index (χ1n) is 6.89. The normalized spacial score (nSPS) is 15.4. The predicted octanol–water partition coefficient (Wildman–Crippen LogP) is 1.41. The molecule has 1 unspecified atom stereocenters. The number of anilines is 1. The summed E-state index contributed by atoms with van der Waals surface area (Å²) < 4.78 is 5.11. The second-order valence-electron chi connectivity index (χ2n) is 5.16. The molecule has 0 aromatic heterocycles. The minimum atomic E-state index is -0.732. The maximum atomic E-state index is 11.7. The van der Waals surface area contributed by atoms with Crippen LogP contribution >= 0.6 is 0 Å². The number of benzene rings is 1. The molecular weight excluding hydrogens is 256 g/mol. The fourth-order valence-corrected chi connectivity index (χ4v) is 1.85. The smallest absolute Gasteiger partial charge is 0.306 e. The standard InChI is InChI=1S/C15H20N2O3/c1-10(15(19)17-13-6-7-13)20-14(18)8-5-11-3-2-4-12(16)9-11/h2-4,9-10,13H,5-8,16H2,1H3,(H,17,19). The van der Waals surface area contributed by atoms with Gasteiger partial charge in [0.2, 0.25) is 0 Å². The van der Waals surface area contributed by atoms with Gasteiger partial charge >= 0.3 is 5.97 Å². The molecule has 1 aliphatic carbocycles. The van der Waals surface area contributed by atoms with E-state index in [2.05, 4.69) is 5.32 Å². The molecule has 1 saturated carbocycles. The van der Waals surface area contributed by atoms with Crippen LogP contribution in [0.1, 0.15) is 31.7 Å². The SMILES string of the molecule is CC(OC(=O)CCc1cccc(N)c1)C(=O)NC1CC1. The van der Waals surface area contributed by atoms with Gasteiger partial charge in [-0.15, -0.1) is 0 Å². The molecule has 1 fully saturated rings. The van der Waals surface area contributed by atoms with E-state index in [1.807, 2.05) is 18.2 Å². The second kappa shape index (κ2) is 6.41. The molecule has 1 atom stereocenters. The Labute approximate surface area is 118 Å². The molecule has 1 amide bonds. The van der Waals surface area contributed by atoms with Crippen LogP contribution in [0.2, 0.25) is 0 Å². The van der Waals surface area contributed by atoms with Crippen LogP contribution in [0, 0.1) is 0 Å². The average molecular weight is 276 g/mol. The van der Waals surface area contributed by atoms with Crippen LogP contribution < -0.4 is 11.1 Å². The third-order valence-electron chi connectivity index (χ3n) is 3.17. The first-order valence-corrected chi connectivity index (χ1v) is 6.89. The van der Waals surface area contributed by atoms with E-state index in [1.165, 1.54) is 0 Å². The van der Waals surface area contributed by atoms with Crippen molar-refractivity contribution >= 4 is 17.6 Å². The summed E-state index contributed by atoms with van der Waals surface area (Å²) in [4.78, 5) is 23.3. The number of hydrogen-bond acceptors (Lipinski definition) is 4. The van der Waals surface area contributed by atoms with Crippen LogP contribution in [-0.4, -0.2) is 24.0 Å². The number of amides is 1. The summed E-state index contributed by atoms with van der Waals surface area (Å²) in [5, 5.41) is 2.81. The van der Waals surface area contributed by atoms with E-state index in [-0.39, 0.29) is 24.3 Å². The zero-order valence-corrected chi connectivity index (χ0v) is 11.6. The zero-order valence-electron chi connectivity index (χ0n) is 11.6. The first-order chi connectivity index (χ1) is 9.54. The summed E-state index contributed by atoms with van der Waals surface area (Å²) >= 11 is 0. The third kappa shape index (κ3) is 4.57. The number of aryl methyl sites for hydroxylation is 1. The number of ether oxygens (including phenoxy) is 1. The van der Waals surface area contributed by atoms with Crippen molar-refractivity contribution in [2.75, 3.05) is 5.73 Å². The zero-order chi connectivity index (χ0) is 14.5. The molecule has 20 heavy (non-hydrogen) atoms. The number of nitrogens with two attached hydrogens (primary N) is 1. The van der Waals surface area contributed by atoms with Crippen molar-refractivity contribution in [1.29, 1.82) is 0 Å². The topological polar surface area (TPSA) is 81.4 Å². The van der Waals surface area contributed by atoms with E-state index in [1.54, 1.807) is 13.0 Å². The van der Waals surface area contributed by atoms with Gasteiger partial charge in [-0.05, 0) is 43.9 Å². The second-order valence-corrected chi connectivity index (χ2v) is 5.16. The summed E-state index contributed by atoms with van der Waals surface area (Å²) in [6, 6.07) is 7.66. The van der Waals surface area contributed by atoms with Gasteiger partial charge in [0.1, 0.15) is 0 Å². The third-order valence-corrected chi connectivity index (χ3v) is 3.17. The number of hydrogen-bond donors (Lipinski definition) is 2. The summed E-state index contributed by atoms with van der Waals surface area (Å²) in [7, 11) is 0. The molecule has 0 spiro atoms. The molecule has 0 heterocycles. The van der Waals surface area contributed by atoms with E-state index < -0.39 is 6.10 Å². The molecule has 3 N–H and O–H groups in total. The van der Waals surface area contributed by atoms with Crippen molar-refractivity contribution in [1.82, 2.24) is 5.32 Å². The van der Waals surface area contributed by atoms with Crippen molar-refractivity contribution in [3.8, 4) is 0 Å². The Balaban J connectivity index is 1.72. The van der Waals surface area contributed by atoms with Crippen LogP contribution in [0.5, 0.6) is 0 Å². The van der Waals surface area contributed by atoms with E-state index in [4.69, 9.17) is 10.5 Å². The lowest BCUT2D eigenvalue weighted by atomic mass is 10.1. The minimum Gasteiger partial charge on any atom is -0.453 e. The molecule has 1 aliphatic rings. The Hall–Kier alpha value is -2.04. The van der Waals surface area contributed by atoms with Gasteiger partial charge in [0.15, 0.2) is 6.10 Å². The predicted molar refractivity (Wildman–Crippen MR) is 75.9 cm³/mol. The van der Waals surface area contributed by atoms with Crippen molar-refractivity contribution in [2.24, 2.45) is 0 Å². The molecule has 0 radical (unpaired) electrons. The van der Waals surface area contributed by atoms with Gasteiger partial charge in [0.05, 0.1) is 0 Å². The summed E-state index contributed by atoms with van der Waals surface area (Å²) in [5.74, 6) is -0.587. The molecule has 1 aromatic carbocycles. The maximum absolute atomic E-state index is 11.7. The Bertz CT molecular complexity index is 498. The molecular formula is C15H20N2O3. The lowest BCUT2D eigenvalue weighted by Gasteiger charge is -2.13. The van der Waals surface area contributed by atoms with Crippen LogP contribution in [0.25, 0.3) is 0 Å². The molecule has 1 aromatic rings. The molecule has 0 aliphatic heterocycles. The maximum Gasteiger partial charge on any atom is 0.306 e. The molecule has 0 bridgehead atoms. The first kappa shape index (κ1) is 14.4. The Morgan fingerprint density at radius 3 is 2.85 bits per heavy atom. The molecule has 0 saturated heterocycles. The van der Waals surface area contributed by atoms with Crippen molar-refractivity contribution < 1.29 is 14.3 Å². The largest absolute Gasteiger partial charge is 0.453 e. The molecule has 108 valence electrons. The van der Waals surface area contributed by atoms with Crippen LogP contribution in [0.4, 0.5) is 5.69 Å². The van der Waals surface area contributed by atoms with Crippen molar-refractivity contribution in [3.05, 3.63) is 29.8 Å². The summed E-state index contributed by atoms with van der Waals surface area (Å²) in [5.41, 5.74) is 7.33. The summed E-state index contributed by atoms with van der Waals surface area (Å²) in [6.07, 6.45) is 2.10. The van der Waals surface area contributed by atoms with Crippen molar-refractivity contribution in [3.63, 3.8) is 0 Å². The van der Waals surface area contributed by atoms with Crippen LogP contribution in [-0.2, 0) is 20.7 Å². The van der Waals surface area contributed by atoms with Gasteiger partial charge in [-0.1, -0.05) is 12.1 Å². The number of nitrogens with one attached hydrogen (secondary N) is 1. The highest BCUT2D eigenvalue weighted by Crippen LogP contribution is 2.18. The summed E-state index contributed by atoms with van der Waals surface area (Å²) in [6.45, 7) is 1.59. The van der Waals surface area contributed by atoms with E-state index in [0.29, 0.717) is 12.1 Å². The van der Waals surface area contributed by atoms with Gasteiger partial charge in [-0.3, -0.25) is 9.59 Å². The molecule has 5 heteroatoms. The Kier molecular flexibility index (Phi) is 4.61. The average Bonchev–Trinajstić information content (AvgIpc) is 3.20. The fraction of sp³-hybridized carbons (Fsp3) is 0.467.